The lowest BCUT2D eigenvalue weighted by molar-refractivity contribution is -0.122. The minimum absolute atomic E-state index is 0.0769. The molecule has 2 atom stereocenters. The van der Waals surface area contributed by atoms with Gasteiger partial charge < -0.3 is 21.1 Å². The van der Waals surface area contributed by atoms with Crippen molar-refractivity contribution in [3.05, 3.63) is 22.4 Å². The first-order chi connectivity index (χ1) is 9.66. The highest BCUT2D eigenvalue weighted by molar-refractivity contribution is 7.12. The maximum absolute atomic E-state index is 11.7. The summed E-state index contributed by atoms with van der Waals surface area (Å²) in [7, 11) is 0. The van der Waals surface area contributed by atoms with Crippen LogP contribution < -0.4 is 16.0 Å². The largest absolute Gasteiger partial charge is 0.392 e. The summed E-state index contributed by atoms with van der Waals surface area (Å²) >= 11 is 1.40. The number of aliphatic hydroxyl groups excluding tert-OH is 1. The maximum Gasteiger partial charge on any atom is 0.261 e. The van der Waals surface area contributed by atoms with Crippen molar-refractivity contribution in [3.8, 4) is 0 Å². The Bertz CT molecular complexity index is 450. The lowest BCUT2D eigenvalue weighted by Gasteiger charge is -2.11. The average molecular weight is 297 g/mol. The van der Waals surface area contributed by atoms with Crippen LogP contribution in [-0.4, -0.2) is 48.7 Å². The molecule has 4 N–H and O–H groups in total. The molecular weight excluding hydrogens is 278 g/mol. The quantitative estimate of drug-likeness (QED) is 0.543. The van der Waals surface area contributed by atoms with E-state index in [1.165, 1.54) is 11.3 Å². The van der Waals surface area contributed by atoms with Gasteiger partial charge in [0.2, 0.25) is 5.91 Å². The Hall–Kier alpha value is -1.44. The van der Waals surface area contributed by atoms with Crippen molar-refractivity contribution in [2.75, 3.05) is 19.6 Å². The molecule has 2 rings (SSSR count). The van der Waals surface area contributed by atoms with Crippen LogP contribution in [-0.2, 0) is 4.79 Å². The van der Waals surface area contributed by atoms with Gasteiger partial charge in [0, 0.05) is 19.6 Å². The topological polar surface area (TPSA) is 90.5 Å². The van der Waals surface area contributed by atoms with E-state index in [1.807, 2.05) is 11.4 Å². The molecule has 7 heteroatoms. The Morgan fingerprint density at radius 3 is 2.85 bits per heavy atom. The number of thiophene rings is 1. The summed E-state index contributed by atoms with van der Waals surface area (Å²) in [4.78, 5) is 24.0. The molecule has 0 radical (unpaired) electrons. The smallest absolute Gasteiger partial charge is 0.261 e. The maximum atomic E-state index is 11.7. The molecule has 0 bridgehead atoms. The van der Waals surface area contributed by atoms with Gasteiger partial charge in [0.25, 0.3) is 5.91 Å². The third-order valence-corrected chi connectivity index (χ3v) is 3.98. The molecule has 1 saturated heterocycles. The van der Waals surface area contributed by atoms with Crippen LogP contribution in [0.3, 0.4) is 0 Å². The Labute approximate surface area is 121 Å². The van der Waals surface area contributed by atoms with Crippen molar-refractivity contribution >= 4 is 23.2 Å². The molecule has 1 aliphatic rings. The second-order valence-corrected chi connectivity index (χ2v) is 5.68. The number of nitrogens with one attached hydrogen (secondary N) is 3. The zero-order valence-electron chi connectivity index (χ0n) is 11.1. The number of rotatable bonds is 6. The number of amides is 2. The molecular formula is C13H19N3O3S. The van der Waals surface area contributed by atoms with Crippen LogP contribution in [0.4, 0.5) is 0 Å². The third kappa shape index (κ3) is 4.29. The van der Waals surface area contributed by atoms with E-state index >= 15 is 0 Å². The summed E-state index contributed by atoms with van der Waals surface area (Å²) in [6, 6.07) is 3.31. The lowest BCUT2D eigenvalue weighted by Crippen LogP contribution is -2.41. The van der Waals surface area contributed by atoms with E-state index in [-0.39, 0.29) is 17.9 Å². The number of β-amino-alcohol motifs (C(OH)–C–C–N with tert-alkyl or cyclic N) is 1. The van der Waals surface area contributed by atoms with Crippen molar-refractivity contribution in [3.63, 3.8) is 0 Å². The van der Waals surface area contributed by atoms with Gasteiger partial charge in [-0.3, -0.25) is 9.59 Å². The predicted octanol–water partition coefficient (Wildman–Crippen LogP) is -0.293. The molecule has 0 aromatic carbocycles. The number of hydrogen-bond donors (Lipinski definition) is 4. The number of carbonyl (C=O) groups is 2. The summed E-state index contributed by atoms with van der Waals surface area (Å²) < 4.78 is 0. The first-order valence-corrected chi connectivity index (χ1v) is 7.55. The molecule has 0 spiro atoms. The van der Waals surface area contributed by atoms with Gasteiger partial charge in [0.15, 0.2) is 0 Å². The Kier molecular flexibility index (Phi) is 5.51. The predicted molar refractivity (Wildman–Crippen MR) is 76.7 cm³/mol. The van der Waals surface area contributed by atoms with E-state index in [9.17, 15) is 14.7 Å². The highest BCUT2D eigenvalue weighted by Crippen LogP contribution is 2.07. The molecule has 1 fully saturated rings. The molecule has 1 aromatic heterocycles. The molecule has 2 heterocycles. The first-order valence-electron chi connectivity index (χ1n) is 6.67. The molecule has 20 heavy (non-hydrogen) atoms. The van der Waals surface area contributed by atoms with Gasteiger partial charge in [-0.2, -0.15) is 0 Å². The zero-order chi connectivity index (χ0) is 14.4. The Morgan fingerprint density at radius 1 is 1.40 bits per heavy atom. The number of hydrogen-bond acceptors (Lipinski definition) is 5. The number of aliphatic hydroxyl groups is 1. The Morgan fingerprint density at radius 2 is 2.20 bits per heavy atom. The van der Waals surface area contributed by atoms with Crippen LogP contribution in [0.15, 0.2) is 17.5 Å². The SMILES string of the molecule is O=C(NCCCNC(=O)C1CC(O)CN1)c1cccs1. The monoisotopic (exact) mass is 297 g/mol. The summed E-state index contributed by atoms with van der Waals surface area (Å²) in [6.45, 7) is 1.50. The minimum Gasteiger partial charge on any atom is -0.392 e. The van der Waals surface area contributed by atoms with Crippen LogP contribution in [0.25, 0.3) is 0 Å². The second-order valence-electron chi connectivity index (χ2n) is 4.73. The molecule has 6 nitrogen and oxygen atoms in total. The van der Waals surface area contributed by atoms with Crippen LogP contribution in [0.1, 0.15) is 22.5 Å². The van der Waals surface area contributed by atoms with E-state index < -0.39 is 6.10 Å². The van der Waals surface area contributed by atoms with Crippen LogP contribution in [0.5, 0.6) is 0 Å². The number of carbonyl (C=O) groups excluding carboxylic acids is 2. The summed E-state index contributed by atoms with van der Waals surface area (Å²) in [6.07, 6.45) is 0.704. The van der Waals surface area contributed by atoms with Gasteiger partial charge in [0.05, 0.1) is 17.0 Å². The lowest BCUT2D eigenvalue weighted by atomic mass is 10.2. The fourth-order valence-electron chi connectivity index (χ4n) is 2.04. The Balaban J connectivity index is 1.55. The van der Waals surface area contributed by atoms with Crippen LogP contribution in [0, 0.1) is 0 Å². The molecule has 1 aliphatic heterocycles. The van der Waals surface area contributed by atoms with Crippen molar-refractivity contribution in [1.29, 1.82) is 0 Å². The van der Waals surface area contributed by atoms with E-state index in [1.54, 1.807) is 6.07 Å². The van der Waals surface area contributed by atoms with Gasteiger partial charge in [-0.05, 0) is 24.3 Å². The minimum atomic E-state index is -0.434. The second kappa shape index (κ2) is 7.37. The van der Waals surface area contributed by atoms with Crippen LogP contribution >= 0.6 is 11.3 Å². The summed E-state index contributed by atoms with van der Waals surface area (Å²) in [5.74, 6) is -0.168. The normalized spacial score (nSPS) is 21.6. The van der Waals surface area contributed by atoms with Gasteiger partial charge in [-0.1, -0.05) is 6.07 Å². The molecule has 2 unspecified atom stereocenters. The first kappa shape index (κ1) is 15.0. The molecule has 1 aromatic rings. The van der Waals surface area contributed by atoms with Gasteiger partial charge in [-0.25, -0.2) is 0 Å². The fraction of sp³-hybridized carbons (Fsp3) is 0.538. The van der Waals surface area contributed by atoms with Crippen molar-refractivity contribution in [2.45, 2.75) is 25.0 Å². The molecule has 2 amide bonds. The van der Waals surface area contributed by atoms with Crippen molar-refractivity contribution in [2.24, 2.45) is 0 Å². The van der Waals surface area contributed by atoms with Crippen molar-refractivity contribution < 1.29 is 14.7 Å². The molecule has 0 aliphatic carbocycles. The standard InChI is InChI=1S/C13H19N3O3S/c17-9-7-10(16-8-9)12(18)14-4-2-5-15-13(19)11-3-1-6-20-11/h1,3,6,9-10,16-17H,2,4-5,7-8H2,(H,14,18)(H,15,19). The van der Waals surface area contributed by atoms with E-state index in [2.05, 4.69) is 16.0 Å². The third-order valence-electron chi connectivity index (χ3n) is 3.11. The van der Waals surface area contributed by atoms with E-state index in [4.69, 9.17) is 0 Å². The van der Waals surface area contributed by atoms with Gasteiger partial charge in [0.1, 0.15) is 0 Å². The zero-order valence-corrected chi connectivity index (χ0v) is 11.9. The molecule has 110 valence electrons. The van der Waals surface area contributed by atoms with Crippen LogP contribution in [0.2, 0.25) is 0 Å². The van der Waals surface area contributed by atoms with E-state index in [0.717, 1.165) is 0 Å². The fourth-order valence-corrected chi connectivity index (χ4v) is 2.68. The van der Waals surface area contributed by atoms with E-state index in [0.29, 0.717) is 37.4 Å². The van der Waals surface area contributed by atoms with Crippen molar-refractivity contribution in [1.82, 2.24) is 16.0 Å². The highest BCUT2D eigenvalue weighted by atomic mass is 32.1. The molecule has 0 saturated carbocycles. The van der Waals surface area contributed by atoms with Gasteiger partial charge in [-0.15, -0.1) is 11.3 Å². The average Bonchev–Trinajstić information content (AvgIpc) is 3.08. The highest BCUT2D eigenvalue weighted by Gasteiger charge is 2.27. The summed E-state index contributed by atoms with van der Waals surface area (Å²) in [5, 5.41) is 19.7. The van der Waals surface area contributed by atoms with Gasteiger partial charge >= 0.3 is 0 Å². The summed E-state index contributed by atoms with van der Waals surface area (Å²) in [5.41, 5.74) is 0.